The number of alkyl halides is 3. The maximum absolute atomic E-state index is 12.7. The van der Waals surface area contributed by atoms with E-state index in [1.807, 2.05) is 18.2 Å². The molecule has 0 saturated heterocycles. The van der Waals surface area contributed by atoms with Crippen molar-refractivity contribution in [1.82, 2.24) is 14.6 Å². The van der Waals surface area contributed by atoms with Gasteiger partial charge in [0.05, 0.1) is 11.3 Å². The van der Waals surface area contributed by atoms with Crippen LogP contribution < -0.4 is 0 Å². The lowest BCUT2D eigenvalue weighted by atomic mass is 10.1. The molecule has 3 nitrogen and oxygen atoms in total. The number of fused-ring (bicyclic) bond motifs is 1. The first-order valence-electron chi connectivity index (χ1n) is 8.12. The number of aromatic nitrogens is 3. The molecule has 0 spiro atoms. The number of allylic oxidation sites excluding steroid dienone is 1. The summed E-state index contributed by atoms with van der Waals surface area (Å²) in [5.74, 6) is 1.28. The summed E-state index contributed by atoms with van der Waals surface area (Å²) in [4.78, 5) is 4.52. The second-order valence-corrected chi connectivity index (χ2v) is 6.39. The molecule has 0 amide bonds. The monoisotopic (exact) mass is 343 g/mol. The Morgan fingerprint density at radius 3 is 2.48 bits per heavy atom. The minimum Gasteiger partial charge on any atom is -0.213 e. The average Bonchev–Trinajstić information content (AvgIpc) is 3.34. The van der Waals surface area contributed by atoms with Crippen LogP contribution in [0.5, 0.6) is 0 Å². The van der Waals surface area contributed by atoms with Crippen molar-refractivity contribution in [2.24, 2.45) is 5.92 Å². The summed E-state index contributed by atoms with van der Waals surface area (Å²) in [5.41, 5.74) is 2.53. The summed E-state index contributed by atoms with van der Waals surface area (Å²) in [6.45, 7) is 4.10. The number of hydrogen-bond donors (Lipinski definition) is 0. The lowest BCUT2D eigenvalue weighted by Gasteiger charge is -2.08. The van der Waals surface area contributed by atoms with Gasteiger partial charge in [-0.3, -0.25) is 0 Å². The molecule has 0 atom stereocenters. The van der Waals surface area contributed by atoms with Crippen LogP contribution >= 0.6 is 0 Å². The van der Waals surface area contributed by atoms with Crippen molar-refractivity contribution < 1.29 is 13.2 Å². The summed E-state index contributed by atoms with van der Waals surface area (Å²) in [7, 11) is 0. The van der Waals surface area contributed by atoms with Gasteiger partial charge in [-0.15, -0.1) is 0 Å². The fourth-order valence-electron chi connectivity index (χ4n) is 2.91. The molecule has 3 aromatic rings. The Balaban J connectivity index is 1.69. The van der Waals surface area contributed by atoms with Crippen LogP contribution in [0.4, 0.5) is 13.2 Å². The van der Waals surface area contributed by atoms with Crippen LogP contribution in [0.15, 0.2) is 54.6 Å². The highest BCUT2D eigenvalue weighted by molar-refractivity contribution is 5.63. The van der Waals surface area contributed by atoms with E-state index in [0.29, 0.717) is 35.1 Å². The van der Waals surface area contributed by atoms with E-state index >= 15 is 0 Å². The van der Waals surface area contributed by atoms with E-state index in [1.54, 1.807) is 4.52 Å². The second kappa shape index (κ2) is 5.72. The van der Waals surface area contributed by atoms with E-state index in [9.17, 15) is 13.2 Å². The van der Waals surface area contributed by atoms with Gasteiger partial charge < -0.3 is 0 Å². The van der Waals surface area contributed by atoms with Gasteiger partial charge in [-0.2, -0.15) is 18.3 Å². The Morgan fingerprint density at radius 2 is 1.84 bits per heavy atom. The summed E-state index contributed by atoms with van der Waals surface area (Å²) < 4.78 is 39.9. The third-order valence-corrected chi connectivity index (χ3v) is 4.45. The highest BCUT2D eigenvalue weighted by Gasteiger charge is 2.30. The Hall–Kier alpha value is -2.63. The number of rotatable bonds is 4. The van der Waals surface area contributed by atoms with E-state index in [-0.39, 0.29) is 0 Å². The van der Waals surface area contributed by atoms with E-state index in [0.717, 1.165) is 17.7 Å². The highest BCUT2D eigenvalue weighted by atomic mass is 19.4. The van der Waals surface area contributed by atoms with Gasteiger partial charge in [0.15, 0.2) is 11.5 Å². The Bertz CT molecular complexity index is 935. The highest BCUT2D eigenvalue weighted by Crippen LogP contribution is 2.36. The van der Waals surface area contributed by atoms with E-state index < -0.39 is 11.7 Å². The summed E-state index contributed by atoms with van der Waals surface area (Å²) >= 11 is 0. The Morgan fingerprint density at radius 1 is 1.12 bits per heavy atom. The van der Waals surface area contributed by atoms with Gasteiger partial charge in [0.1, 0.15) is 0 Å². The smallest absolute Gasteiger partial charge is 0.213 e. The normalized spacial score (nSPS) is 14.8. The minimum atomic E-state index is -4.34. The van der Waals surface area contributed by atoms with Gasteiger partial charge in [-0.25, -0.2) is 9.50 Å². The Kier molecular flexibility index (Phi) is 3.63. The third-order valence-electron chi connectivity index (χ3n) is 4.45. The second-order valence-electron chi connectivity index (χ2n) is 6.39. The molecule has 4 rings (SSSR count). The van der Waals surface area contributed by atoms with E-state index in [4.69, 9.17) is 0 Å². The molecule has 0 bridgehead atoms. The van der Waals surface area contributed by atoms with E-state index in [2.05, 4.69) is 16.7 Å². The van der Waals surface area contributed by atoms with Crippen LogP contribution in [-0.2, 0) is 12.6 Å². The van der Waals surface area contributed by atoms with Crippen molar-refractivity contribution >= 4 is 5.65 Å². The first-order valence-corrected chi connectivity index (χ1v) is 8.12. The topological polar surface area (TPSA) is 30.2 Å². The maximum atomic E-state index is 12.7. The fourth-order valence-corrected chi connectivity index (χ4v) is 2.91. The maximum Gasteiger partial charge on any atom is 0.416 e. The first-order chi connectivity index (χ1) is 11.9. The van der Waals surface area contributed by atoms with E-state index in [1.165, 1.54) is 25.0 Å². The predicted octanol–water partition coefficient (Wildman–Crippen LogP) is 4.92. The molecule has 0 N–H and O–H groups in total. The molecule has 0 radical (unpaired) electrons. The Labute approximate surface area is 142 Å². The van der Waals surface area contributed by atoms with Crippen molar-refractivity contribution in [3.05, 3.63) is 66.0 Å². The zero-order valence-corrected chi connectivity index (χ0v) is 13.4. The van der Waals surface area contributed by atoms with Crippen LogP contribution in [-0.4, -0.2) is 14.6 Å². The van der Waals surface area contributed by atoms with Crippen molar-refractivity contribution in [3.8, 4) is 11.3 Å². The van der Waals surface area contributed by atoms with Crippen LogP contribution in [0.2, 0.25) is 0 Å². The molecular formula is C19H16F3N3. The molecule has 1 fully saturated rings. The van der Waals surface area contributed by atoms with Gasteiger partial charge >= 0.3 is 6.18 Å². The molecule has 1 saturated carbocycles. The molecule has 128 valence electrons. The lowest BCUT2D eigenvalue weighted by molar-refractivity contribution is -0.137. The van der Waals surface area contributed by atoms with Gasteiger partial charge in [-0.1, -0.05) is 30.4 Å². The number of halogens is 3. The van der Waals surface area contributed by atoms with Crippen molar-refractivity contribution in [1.29, 1.82) is 0 Å². The molecule has 0 aliphatic heterocycles. The molecule has 2 aromatic heterocycles. The fraction of sp³-hybridized carbons (Fsp3) is 0.263. The number of benzene rings is 1. The van der Waals surface area contributed by atoms with Gasteiger partial charge in [0.25, 0.3) is 0 Å². The van der Waals surface area contributed by atoms with Gasteiger partial charge in [0, 0.05) is 12.0 Å². The van der Waals surface area contributed by atoms with Gasteiger partial charge in [-0.05, 0) is 43.0 Å². The molecular weight excluding hydrogens is 327 g/mol. The molecule has 6 heteroatoms. The molecule has 25 heavy (non-hydrogen) atoms. The molecule has 0 unspecified atom stereocenters. The quantitative estimate of drug-likeness (QED) is 0.629. The first kappa shape index (κ1) is 15.9. The van der Waals surface area contributed by atoms with Crippen LogP contribution in [0, 0.1) is 5.92 Å². The number of hydrogen-bond acceptors (Lipinski definition) is 2. The van der Waals surface area contributed by atoms with Crippen LogP contribution in [0.1, 0.15) is 24.2 Å². The third kappa shape index (κ3) is 3.16. The number of nitrogens with zero attached hydrogens (tertiary/aromatic N) is 3. The molecule has 2 heterocycles. The zero-order chi connectivity index (χ0) is 17.6. The largest absolute Gasteiger partial charge is 0.416 e. The summed E-state index contributed by atoms with van der Waals surface area (Å²) in [6, 6.07) is 10.6. The zero-order valence-electron chi connectivity index (χ0n) is 13.4. The standard InChI is InChI=1S/C19H16F3N3/c1-12(13-5-6-13)11-17-23-18-4-2-3-16(25(18)24-17)14-7-9-15(10-8-14)19(20,21)22/h2-4,7-10,13H,1,5-6,11H2. The van der Waals surface area contributed by atoms with Gasteiger partial charge in [0.2, 0.25) is 0 Å². The predicted molar refractivity (Wildman–Crippen MR) is 89.0 cm³/mol. The summed E-state index contributed by atoms with van der Waals surface area (Å²) in [6.07, 6.45) is -1.33. The van der Waals surface area contributed by atoms with Crippen LogP contribution in [0.3, 0.4) is 0 Å². The van der Waals surface area contributed by atoms with Crippen LogP contribution in [0.25, 0.3) is 16.9 Å². The molecule has 1 aromatic carbocycles. The molecule has 1 aliphatic rings. The number of pyridine rings is 1. The average molecular weight is 343 g/mol. The lowest BCUT2D eigenvalue weighted by Crippen LogP contribution is -2.04. The summed E-state index contributed by atoms with van der Waals surface area (Å²) in [5, 5.41) is 4.53. The SMILES string of the molecule is C=C(Cc1nc2cccc(-c3ccc(C(F)(F)F)cc3)n2n1)C1CC1. The van der Waals surface area contributed by atoms with Crippen molar-refractivity contribution in [2.45, 2.75) is 25.4 Å². The van der Waals surface area contributed by atoms with Crippen molar-refractivity contribution in [2.75, 3.05) is 0 Å². The minimum absolute atomic E-state index is 0.584. The van der Waals surface area contributed by atoms with Crippen molar-refractivity contribution in [3.63, 3.8) is 0 Å². The molecule has 1 aliphatic carbocycles.